The lowest BCUT2D eigenvalue weighted by Gasteiger charge is -2.19. The van der Waals surface area contributed by atoms with Crippen molar-refractivity contribution in [3.63, 3.8) is 0 Å². The van der Waals surface area contributed by atoms with Gasteiger partial charge in [-0.1, -0.05) is 32.9 Å². The fourth-order valence-electron chi connectivity index (χ4n) is 2.88. The van der Waals surface area contributed by atoms with Crippen LogP contribution in [0.4, 0.5) is 17.1 Å². The number of nitrogens with one attached hydrogen (secondary N) is 3. The molecule has 2 aromatic rings. The third kappa shape index (κ3) is 7.67. The lowest BCUT2D eigenvalue weighted by Crippen LogP contribution is -2.38. The van der Waals surface area contributed by atoms with Gasteiger partial charge in [-0.2, -0.15) is 0 Å². The van der Waals surface area contributed by atoms with Gasteiger partial charge in [-0.3, -0.25) is 19.3 Å². The second kappa shape index (κ2) is 11.1. The molecule has 30 heavy (non-hydrogen) atoms. The number of likely N-dealkylation sites (N-methyl/N-ethyl adjacent to an activating group) is 1. The van der Waals surface area contributed by atoms with Gasteiger partial charge in [0.15, 0.2) is 0 Å². The van der Waals surface area contributed by atoms with E-state index in [1.54, 1.807) is 29.2 Å². The molecule has 7 heteroatoms. The highest BCUT2D eigenvalue weighted by atomic mass is 16.2. The molecule has 0 atom stereocenters. The number of nitrogens with zero attached hydrogens (tertiary/aromatic N) is 1. The van der Waals surface area contributed by atoms with E-state index in [4.69, 9.17) is 0 Å². The molecule has 160 valence electrons. The van der Waals surface area contributed by atoms with Gasteiger partial charge < -0.3 is 16.0 Å². The number of anilines is 3. The van der Waals surface area contributed by atoms with Crippen LogP contribution in [0.3, 0.4) is 0 Å². The van der Waals surface area contributed by atoms with Crippen LogP contribution in [0.15, 0.2) is 48.5 Å². The van der Waals surface area contributed by atoms with Crippen molar-refractivity contribution in [1.82, 2.24) is 4.90 Å². The zero-order valence-corrected chi connectivity index (χ0v) is 18.0. The van der Waals surface area contributed by atoms with Crippen LogP contribution in [-0.4, -0.2) is 42.3 Å². The third-order valence-electron chi connectivity index (χ3n) is 4.53. The van der Waals surface area contributed by atoms with E-state index in [1.165, 1.54) is 12.5 Å². The van der Waals surface area contributed by atoms with Crippen molar-refractivity contribution in [3.8, 4) is 0 Å². The largest absolute Gasteiger partial charge is 0.326 e. The molecular formula is C23H30N4O3. The minimum Gasteiger partial charge on any atom is -0.326 e. The highest BCUT2D eigenvalue weighted by Gasteiger charge is 2.14. The smallest absolute Gasteiger partial charge is 0.238 e. The van der Waals surface area contributed by atoms with E-state index in [0.717, 1.165) is 5.69 Å². The molecule has 0 heterocycles. The van der Waals surface area contributed by atoms with Gasteiger partial charge in [-0.15, -0.1) is 0 Å². The Balaban J connectivity index is 1.84. The van der Waals surface area contributed by atoms with Gasteiger partial charge in [0.2, 0.25) is 17.7 Å². The molecule has 3 amide bonds. The second-order valence-corrected chi connectivity index (χ2v) is 7.43. The Bertz CT molecular complexity index is 861. The maximum absolute atomic E-state index is 12.3. The Morgan fingerprint density at radius 2 is 1.17 bits per heavy atom. The molecule has 7 nitrogen and oxygen atoms in total. The topological polar surface area (TPSA) is 90.5 Å². The molecule has 0 radical (unpaired) electrons. The van der Waals surface area contributed by atoms with Crippen molar-refractivity contribution >= 4 is 34.8 Å². The summed E-state index contributed by atoms with van der Waals surface area (Å²) in [7, 11) is 0. The van der Waals surface area contributed by atoms with E-state index < -0.39 is 0 Å². The first-order valence-electron chi connectivity index (χ1n) is 10.1. The molecule has 0 fully saturated rings. The number of hydrogen-bond donors (Lipinski definition) is 3. The van der Waals surface area contributed by atoms with E-state index in [-0.39, 0.29) is 30.8 Å². The van der Waals surface area contributed by atoms with E-state index in [9.17, 15) is 14.4 Å². The van der Waals surface area contributed by atoms with Gasteiger partial charge in [0.1, 0.15) is 0 Å². The molecular weight excluding hydrogens is 380 g/mol. The Morgan fingerprint density at radius 1 is 0.767 bits per heavy atom. The SMILES string of the molecule is CCN(CC(=O)Nc1ccc(NC(C)=O)cc1)CC(=O)Nc1ccc(C(C)C)cc1. The van der Waals surface area contributed by atoms with Gasteiger partial charge in [-0.05, 0) is 54.4 Å². The van der Waals surface area contributed by atoms with Crippen LogP contribution in [0.2, 0.25) is 0 Å². The molecule has 0 saturated carbocycles. The summed E-state index contributed by atoms with van der Waals surface area (Å²) in [5.41, 5.74) is 3.24. The van der Waals surface area contributed by atoms with Crippen molar-refractivity contribution in [3.05, 3.63) is 54.1 Å². The van der Waals surface area contributed by atoms with Gasteiger partial charge in [0.05, 0.1) is 13.1 Å². The summed E-state index contributed by atoms with van der Waals surface area (Å²) >= 11 is 0. The standard InChI is InChI=1S/C23H30N4O3/c1-5-27(14-22(29)25-20-8-6-18(7-9-20)16(2)3)15-23(30)26-21-12-10-19(11-13-21)24-17(4)28/h6-13,16H,5,14-15H2,1-4H3,(H,24,28)(H,25,29)(H,26,30). The molecule has 0 aromatic heterocycles. The highest BCUT2D eigenvalue weighted by Crippen LogP contribution is 2.17. The normalized spacial score (nSPS) is 10.7. The summed E-state index contributed by atoms with van der Waals surface area (Å²) in [6.07, 6.45) is 0. The van der Waals surface area contributed by atoms with E-state index in [0.29, 0.717) is 23.8 Å². The summed E-state index contributed by atoms with van der Waals surface area (Å²) in [4.78, 5) is 37.5. The number of carbonyl (C=O) groups excluding carboxylic acids is 3. The predicted octanol–water partition coefficient (Wildman–Crippen LogP) is 3.67. The quantitative estimate of drug-likeness (QED) is 0.588. The first-order chi connectivity index (χ1) is 14.3. The van der Waals surface area contributed by atoms with Crippen LogP contribution in [-0.2, 0) is 14.4 Å². The van der Waals surface area contributed by atoms with Crippen molar-refractivity contribution in [2.75, 3.05) is 35.6 Å². The van der Waals surface area contributed by atoms with Crippen molar-refractivity contribution in [1.29, 1.82) is 0 Å². The number of carbonyl (C=O) groups is 3. The third-order valence-corrected chi connectivity index (χ3v) is 4.53. The molecule has 0 saturated heterocycles. The molecule has 0 aliphatic heterocycles. The number of benzene rings is 2. The lowest BCUT2D eigenvalue weighted by atomic mass is 10.0. The van der Waals surface area contributed by atoms with Gasteiger partial charge in [-0.25, -0.2) is 0 Å². The fraction of sp³-hybridized carbons (Fsp3) is 0.348. The van der Waals surface area contributed by atoms with E-state index in [1.807, 2.05) is 31.2 Å². The summed E-state index contributed by atoms with van der Waals surface area (Å²) < 4.78 is 0. The van der Waals surface area contributed by atoms with Crippen molar-refractivity contribution in [2.45, 2.75) is 33.6 Å². The second-order valence-electron chi connectivity index (χ2n) is 7.43. The van der Waals surface area contributed by atoms with Crippen LogP contribution in [0.1, 0.15) is 39.2 Å². The summed E-state index contributed by atoms with van der Waals surface area (Å²) in [6, 6.07) is 14.6. The van der Waals surface area contributed by atoms with E-state index in [2.05, 4.69) is 29.8 Å². The molecule has 0 aliphatic rings. The summed E-state index contributed by atoms with van der Waals surface area (Å²) in [6.45, 7) is 8.37. The van der Waals surface area contributed by atoms with Gasteiger partial charge in [0.25, 0.3) is 0 Å². The maximum Gasteiger partial charge on any atom is 0.238 e. The molecule has 0 bridgehead atoms. The first-order valence-corrected chi connectivity index (χ1v) is 10.1. The minimum atomic E-state index is -0.210. The van der Waals surface area contributed by atoms with Crippen LogP contribution >= 0.6 is 0 Å². The van der Waals surface area contributed by atoms with Crippen LogP contribution in [0.25, 0.3) is 0 Å². The average molecular weight is 411 g/mol. The summed E-state index contributed by atoms with van der Waals surface area (Å²) in [5.74, 6) is -0.0928. The molecule has 2 rings (SSSR count). The number of hydrogen-bond acceptors (Lipinski definition) is 4. The van der Waals surface area contributed by atoms with Crippen LogP contribution in [0, 0.1) is 0 Å². The summed E-state index contributed by atoms with van der Waals surface area (Å²) in [5, 5.41) is 8.35. The Morgan fingerprint density at radius 3 is 1.53 bits per heavy atom. The fourth-order valence-corrected chi connectivity index (χ4v) is 2.88. The zero-order chi connectivity index (χ0) is 22.1. The van der Waals surface area contributed by atoms with Gasteiger partial charge in [0, 0.05) is 24.0 Å². The van der Waals surface area contributed by atoms with Crippen molar-refractivity contribution in [2.24, 2.45) is 0 Å². The van der Waals surface area contributed by atoms with Crippen LogP contribution in [0.5, 0.6) is 0 Å². The molecule has 0 aliphatic carbocycles. The highest BCUT2D eigenvalue weighted by molar-refractivity contribution is 5.95. The van der Waals surface area contributed by atoms with Crippen LogP contribution < -0.4 is 16.0 Å². The molecule has 3 N–H and O–H groups in total. The molecule has 0 spiro atoms. The number of amides is 3. The Kier molecular flexibility index (Phi) is 8.55. The Hall–Kier alpha value is -3.19. The monoisotopic (exact) mass is 410 g/mol. The number of rotatable bonds is 9. The molecule has 2 aromatic carbocycles. The minimum absolute atomic E-state index is 0.101. The lowest BCUT2D eigenvalue weighted by molar-refractivity contribution is -0.120. The van der Waals surface area contributed by atoms with Crippen molar-refractivity contribution < 1.29 is 14.4 Å². The average Bonchev–Trinajstić information content (AvgIpc) is 2.69. The Labute approximate surface area is 177 Å². The first kappa shape index (κ1) is 23.1. The zero-order valence-electron chi connectivity index (χ0n) is 18.0. The predicted molar refractivity (Wildman–Crippen MR) is 121 cm³/mol. The van der Waals surface area contributed by atoms with E-state index >= 15 is 0 Å². The maximum atomic E-state index is 12.3. The van der Waals surface area contributed by atoms with Gasteiger partial charge >= 0.3 is 0 Å². The molecule has 0 unspecified atom stereocenters.